The number of ketones is 1. The molecule has 3 aromatic rings. The van der Waals surface area contributed by atoms with E-state index in [4.69, 9.17) is 20.8 Å². The van der Waals surface area contributed by atoms with Crippen LogP contribution in [-0.2, 0) is 26.9 Å². The SMILES string of the molecule is Cc1oc2ncn(C)c(=O)c2c1C(=O)OCC(=O)N(C)C1(c2ccccc2Cl)CCCCC1=O. The van der Waals surface area contributed by atoms with Crippen LogP contribution >= 0.6 is 11.6 Å². The van der Waals surface area contributed by atoms with Gasteiger partial charge < -0.3 is 18.6 Å². The van der Waals surface area contributed by atoms with Crippen LogP contribution in [0.2, 0.25) is 5.02 Å². The summed E-state index contributed by atoms with van der Waals surface area (Å²) in [6.07, 6.45) is 3.50. The molecule has 1 aromatic carbocycles. The van der Waals surface area contributed by atoms with Crippen molar-refractivity contribution in [2.24, 2.45) is 7.05 Å². The fourth-order valence-corrected chi connectivity index (χ4v) is 4.86. The first-order valence-corrected chi connectivity index (χ1v) is 11.2. The number of halogens is 1. The molecule has 1 saturated carbocycles. The van der Waals surface area contributed by atoms with E-state index in [0.29, 0.717) is 23.4 Å². The van der Waals surface area contributed by atoms with Gasteiger partial charge in [-0.2, -0.15) is 0 Å². The number of hydrogen-bond acceptors (Lipinski definition) is 7. The highest BCUT2D eigenvalue weighted by molar-refractivity contribution is 6.31. The Balaban J connectivity index is 1.61. The van der Waals surface area contributed by atoms with Crippen LogP contribution in [0, 0.1) is 6.92 Å². The summed E-state index contributed by atoms with van der Waals surface area (Å²) in [5.41, 5.74) is -1.22. The molecule has 1 aliphatic carbocycles. The number of aryl methyl sites for hydroxylation is 2. The highest BCUT2D eigenvalue weighted by Crippen LogP contribution is 2.42. The highest BCUT2D eigenvalue weighted by Gasteiger charge is 2.48. The summed E-state index contributed by atoms with van der Waals surface area (Å²) in [7, 11) is 3.01. The molecule has 1 unspecified atom stereocenters. The van der Waals surface area contributed by atoms with E-state index in [0.717, 1.165) is 12.8 Å². The number of nitrogens with zero attached hydrogens (tertiary/aromatic N) is 3. The lowest BCUT2D eigenvalue weighted by molar-refractivity contribution is -0.150. The van der Waals surface area contributed by atoms with Gasteiger partial charge in [-0.1, -0.05) is 29.8 Å². The second-order valence-electron chi connectivity index (χ2n) is 8.37. The predicted octanol–water partition coefficient (Wildman–Crippen LogP) is 3.14. The Morgan fingerprint density at radius 2 is 2.00 bits per heavy atom. The number of esters is 1. The summed E-state index contributed by atoms with van der Waals surface area (Å²) >= 11 is 6.43. The van der Waals surface area contributed by atoms with E-state index < -0.39 is 29.6 Å². The lowest BCUT2D eigenvalue weighted by Crippen LogP contribution is -2.55. The Labute approximate surface area is 200 Å². The van der Waals surface area contributed by atoms with Crippen LogP contribution in [0.15, 0.2) is 39.8 Å². The molecule has 0 N–H and O–H groups in total. The minimum Gasteiger partial charge on any atom is -0.452 e. The van der Waals surface area contributed by atoms with Crippen molar-refractivity contribution >= 4 is 40.4 Å². The van der Waals surface area contributed by atoms with Crippen LogP contribution in [0.5, 0.6) is 0 Å². The van der Waals surface area contributed by atoms with Crippen LogP contribution in [0.1, 0.15) is 47.4 Å². The van der Waals surface area contributed by atoms with Gasteiger partial charge in [0, 0.05) is 31.1 Å². The molecule has 0 spiro atoms. The first-order chi connectivity index (χ1) is 16.2. The largest absolute Gasteiger partial charge is 0.452 e. The molecular formula is C24H24ClN3O6. The van der Waals surface area contributed by atoms with Crippen molar-refractivity contribution in [3.05, 3.63) is 62.9 Å². The normalized spacial score (nSPS) is 18.2. The topological polar surface area (TPSA) is 112 Å². The minimum absolute atomic E-state index is 0.0108. The fraction of sp³-hybridized carbons (Fsp3) is 0.375. The van der Waals surface area contributed by atoms with Crippen LogP contribution in [-0.4, -0.2) is 45.8 Å². The maximum absolute atomic E-state index is 13.2. The number of rotatable bonds is 5. The van der Waals surface area contributed by atoms with Crippen LogP contribution in [0.3, 0.4) is 0 Å². The van der Waals surface area contributed by atoms with Crippen molar-refractivity contribution < 1.29 is 23.5 Å². The van der Waals surface area contributed by atoms with Gasteiger partial charge in [0.2, 0.25) is 5.71 Å². The predicted molar refractivity (Wildman–Crippen MR) is 124 cm³/mol. The van der Waals surface area contributed by atoms with Crippen molar-refractivity contribution in [1.29, 1.82) is 0 Å². The molecule has 1 aliphatic rings. The van der Waals surface area contributed by atoms with Crippen molar-refractivity contribution in [2.75, 3.05) is 13.7 Å². The number of benzene rings is 1. The molecule has 178 valence electrons. The van der Waals surface area contributed by atoms with E-state index in [1.807, 2.05) is 0 Å². The molecule has 2 heterocycles. The van der Waals surface area contributed by atoms with Crippen LogP contribution in [0.25, 0.3) is 11.1 Å². The highest BCUT2D eigenvalue weighted by atomic mass is 35.5. The summed E-state index contributed by atoms with van der Waals surface area (Å²) in [6, 6.07) is 6.95. The zero-order valence-corrected chi connectivity index (χ0v) is 19.8. The van der Waals surface area contributed by atoms with E-state index >= 15 is 0 Å². The number of ether oxygens (including phenoxy) is 1. The van der Waals surface area contributed by atoms with Gasteiger partial charge in [0.25, 0.3) is 11.5 Å². The number of hydrogen-bond donors (Lipinski definition) is 0. The third kappa shape index (κ3) is 3.79. The molecule has 4 rings (SSSR count). The number of furan rings is 1. The zero-order valence-electron chi connectivity index (χ0n) is 19.1. The van der Waals surface area contributed by atoms with E-state index in [1.54, 1.807) is 24.3 Å². The summed E-state index contributed by atoms with van der Waals surface area (Å²) < 4.78 is 11.9. The summed E-state index contributed by atoms with van der Waals surface area (Å²) in [5.74, 6) is -1.41. The molecule has 0 bridgehead atoms. The van der Waals surface area contributed by atoms with Gasteiger partial charge >= 0.3 is 5.97 Å². The van der Waals surface area contributed by atoms with Gasteiger partial charge in [0.15, 0.2) is 12.4 Å². The van der Waals surface area contributed by atoms with Gasteiger partial charge in [-0.25, -0.2) is 9.78 Å². The molecule has 1 atom stereocenters. The number of fused-ring (bicyclic) bond motifs is 1. The second-order valence-corrected chi connectivity index (χ2v) is 8.78. The van der Waals surface area contributed by atoms with Crippen molar-refractivity contribution in [3.8, 4) is 0 Å². The first-order valence-electron chi connectivity index (χ1n) is 10.8. The Bertz CT molecular complexity index is 1360. The molecule has 2 aromatic heterocycles. The quantitative estimate of drug-likeness (QED) is 0.510. The summed E-state index contributed by atoms with van der Waals surface area (Å²) in [4.78, 5) is 57.1. The van der Waals surface area contributed by atoms with Gasteiger partial charge in [0.1, 0.15) is 28.6 Å². The van der Waals surface area contributed by atoms with Crippen molar-refractivity contribution in [3.63, 3.8) is 0 Å². The molecule has 1 amide bonds. The van der Waals surface area contributed by atoms with Crippen molar-refractivity contribution in [1.82, 2.24) is 14.5 Å². The average molecular weight is 486 g/mol. The number of carbonyl (C=O) groups excluding carboxylic acids is 3. The number of amides is 1. The molecule has 1 fully saturated rings. The van der Waals surface area contributed by atoms with Gasteiger partial charge in [-0.3, -0.25) is 14.4 Å². The standard InChI is InChI=1S/C24H24ClN3O6/c1-14-19(20-21(34-14)26-13-27(2)22(20)31)23(32)33-12-18(30)28(3)24(11-7-6-10-17(24)29)15-8-4-5-9-16(15)25/h4-5,8-9,13H,6-7,10-12H2,1-3H3. The maximum Gasteiger partial charge on any atom is 0.343 e. The number of carbonyl (C=O) groups is 3. The molecule has 0 radical (unpaired) electrons. The molecule has 10 heteroatoms. The van der Waals surface area contributed by atoms with E-state index in [1.165, 1.54) is 36.8 Å². The molecule has 34 heavy (non-hydrogen) atoms. The molecule has 0 saturated heterocycles. The monoisotopic (exact) mass is 485 g/mol. The number of likely N-dealkylation sites (N-methyl/N-ethyl adjacent to an activating group) is 1. The Morgan fingerprint density at radius 1 is 1.26 bits per heavy atom. The molecule has 0 aliphatic heterocycles. The second kappa shape index (κ2) is 9.06. The number of aromatic nitrogens is 2. The molecular weight excluding hydrogens is 462 g/mol. The lowest BCUT2D eigenvalue weighted by Gasteiger charge is -2.43. The van der Waals surface area contributed by atoms with Gasteiger partial charge in [-0.15, -0.1) is 0 Å². The Kier molecular flexibility index (Phi) is 6.31. The first kappa shape index (κ1) is 23.7. The Hall–Kier alpha value is -3.46. The maximum atomic E-state index is 13.2. The summed E-state index contributed by atoms with van der Waals surface area (Å²) in [5, 5.41) is 0.376. The van der Waals surface area contributed by atoms with Crippen LogP contribution < -0.4 is 5.56 Å². The zero-order chi connectivity index (χ0) is 24.6. The third-order valence-corrected chi connectivity index (χ3v) is 6.73. The lowest BCUT2D eigenvalue weighted by atomic mass is 9.74. The van der Waals surface area contributed by atoms with Gasteiger partial charge in [-0.05, 0) is 32.3 Å². The fourth-order valence-electron chi connectivity index (χ4n) is 4.57. The van der Waals surface area contributed by atoms with Crippen LogP contribution in [0.4, 0.5) is 0 Å². The average Bonchev–Trinajstić information content (AvgIpc) is 3.17. The smallest absolute Gasteiger partial charge is 0.343 e. The van der Waals surface area contributed by atoms with Gasteiger partial charge in [0.05, 0.1) is 0 Å². The number of Topliss-reactive ketones (excluding diaryl/α,β-unsaturated/α-hetero) is 1. The van der Waals surface area contributed by atoms with Crippen molar-refractivity contribution in [2.45, 2.75) is 38.1 Å². The Morgan fingerprint density at radius 3 is 2.71 bits per heavy atom. The molecule has 9 nitrogen and oxygen atoms in total. The third-order valence-electron chi connectivity index (χ3n) is 6.40. The van der Waals surface area contributed by atoms with E-state index in [-0.39, 0.29) is 28.2 Å². The summed E-state index contributed by atoms with van der Waals surface area (Å²) in [6.45, 7) is 0.889. The van der Waals surface area contributed by atoms with E-state index in [2.05, 4.69) is 4.98 Å². The van der Waals surface area contributed by atoms with E-state index in [9.17, 15) is 19.2 Å². The minimum atomic E-state index is -1.24.